The monoisotopic (exact) mass is 373 g/mol. The number of halogens is 1. The fourth-order valence-electron chi connectivity index (χ4n) is 2.55. The van der Waals surface area contributed by atoms with Gasteiger partial charge >= 0.3 is 6.03 Å². The highest BCUT2D eigenvalue weighted by atomic mass is 19.1. The summed E-state index contributed by atoms with van der Waals surface area (Å²) >= 11 is 0. The van der Waals surface area contributed by atoms with Crippen molar-refractivity contribution in [2.45, 2.75) is 13.1 Å². The Morgan fingerprint density at radius 3 is 2.37 bits per heavy atom. The second-order valence-corrected chi connectivity index (χ2v) is 6.30. The van der Waals surface area contributed by atoms with Crippen molar-refractivity contribution < 1.29 is 18.4 Å². The Morgan fingerprint density at radius 2 is 1.81 bits per heavy atom. The molecular formula is C20H24FN3O3. The summed E-state index contributed by atoms with van der Waals surface area (Å²) in [7, 11) is 3.25. The molecule has 0 N–H and O–H groups in total. The van der Waals surface area contributed by atoms with Crippen molar-refractivity contribution in [2.75, 3.05) is 27.2 Å². The molecule has 0 aliphatic rings. The number of amides is 3. The number of furan rings is 1. The molecule has 7 heteroatoms. The first kappa shape index (κ1) is 20.2. The Kier molecular flexibility index (Phi) is 7.16. The Bertz CT molecular complexity index is 757. The van der Waals surface area contributed by atoms with E-state index in [1.165, 1.54) is 28.2 Å². The van der Waals surface area contributed by atoms with Gasteiger partial charge in [-0.1, -0.05) is 18.2 Å². The van der Waals surface area contributed by atoms with E-state index in [0.717, 1.165) is 5.56 Å². The third-order valence-electron chi connectivity index (χ3n) is 3.89. The molecule has 0 spiro atoms. The van der Waals surface area contributed by atoms with Crippen LogP contribution in [0.2, 0.25) is 0 Å². The molecule has 1 heterocycles. The maximum atomic E-state index is 13.2. The zero-order valence-electron chi connectivity index (χ0n) is 15.6. The van der Waals surface area contributed by atoms with Crippen LogP contribution in [0, 0.1) is 5.82 Å². The molecule has 0 saturated heterocycles. The molecule has 6 nitrogen and oxygen atoms in total. The van der Waals surface area contributed by atoms with E-state index in [2.05, 4.69) is 6.58 Å². The van der Waals surface area contributed by atoms with Gasteiger partial charge in [0.1, 0.15) is 18.1 Å². The normalized spacial score (nSPS) is 10.3. The molecule has 2 aromatic rings. The summed E-state index contributed by atoms with van der Waals surface area (Å²) < 4.78 is 18.5. The molecule has 0 aliphatic carbocycles. The number of rotatable bonds is 8. The van der Waals surface area contributed by atoms with Crippen LogP contribution in [-0.4, -0.2) is 53.8 Å². The van der Waals surface area contributed by atoms with Gasteiger partial charge < -0.3 is 19.1 Å². The number of hydrogen-bond acceptors (Lipinski definition) is 3. The van der Waals surface area contributed by atoms with Gasteiger partial charge in [0, 0.05) is 27.2 Å². The molecule has 0 aliphatic heterocycles. The van der Waals surface area contributed by atoms with E-state index in [0.29, 0.717) is 5.76 Å². The van der Waals surface area contributed by atoms with E-state index in [4.69, 9.17) is 4.42 Å². The van der Waals surface area contributed by atoms with Crippen molar-refractivity contribution in [3.63, 3.8) is 0 Å². The van der Waals surface area contributed by atoms with E-state index in [9.17, 15) is 14.0 Å². The van der Waals surface area contributed by atoms with Gasteiger partial charge in [0.25, 0.3) is 0 Å². The van der Waals surface area contributed by atoms with E-state index < -0.39 is 0 Å². The third kappa shape index (κ3) is 5.99. The minimum atomic E-state index is -0.337. The second-order valence-electron chi connectivity index (χ2n) is 6.30. The highest BCUT2D eigenvalue weighted by Gasteiger charge is 2.22. The molecule has 0 unspecified atom stereocenters. The Labute approximate surface area is 158 Å². The molecule has 27 heavy (non-hydrogen) atoms. The SMILES string of the molecule is C=CCN(CC(=O)N(Cc1ccc(F)cc1)Cc1ccco1)C(=O)N(C)C. The Morgan fingerprint density at radius 1 is 1.11 bits per heavy atom. The molecule has 3 amide bonds. The fourth-order valence-corrected chi connectivity index (χ4v) is 2.55. The smallest absolute Gasteiger partial charge is 0.320 e. The van der Waals surface area contributed by atoms with Crippen molar-refractivity contribution in [2.24, 2.45) is 0 Å². The first-order chi connectivity index (χ1) is 12.9. The van der Waals surface area contributed by atoms with E-state index in [-0.39, 0.29) is 43.9 Å². The molecule has 2 rings (SSSR count). The van der Waals surface area contributed by atoms with Gasteiger partial charge in [-0.05, 0) is 29.8 Å². The van der Waals surface area contributed by atoms with Gasteiger partial charge in [-0.3, -0.25) is 4.79 Å². The molecule has 144 valence electrons. The maximum Gasteiger partial charge on any atom is 0.320 e. The number of benzene rings is 1. The molecule has 0 atom stereocenters. The van der Waals surface area contributed by atoms with Crippen molar-refractivity contribution in [1.29, 1.82) is 0 Å². The zero-order valence-corrected chi connectivity index (χ0v) is 15.6. The van der Waals surface area contributed by atoms with Gasteiger partial charge in [-0.2, -0.15) is 0 Å². The lowest BCUT2D eigenvalue weighted by molar-refractivity contribution is -0.133. The van der Waals surface area contributed by atoms with Gasteiger partial charge in [0.2, 0.25) is 5.91 Å². The van der Waals surface area contributed by atoms with E-state index >= 15 is 0 Å². The van der Waals surface area contributed by atoms with Crippen LogP contribution in [0.4, 0.5) is 9.18 Å². The lowest BCUT2D eigenvalue weighted by atomic mass is 10.2. The highest BCUT2D eigenvalue weighted by Crippen LogP contribution is 2.13. The molecule has 0 bridgehead atoms. The van der Waals surface area contributed by atoms with Gasteiger partial charge in [0.15, 0.2) is 0 Å². The van der Waals surface area contributed by atoms with Crippen LogP contribution in [-0.2, 0) is 17.9 Å². The Hall–Kier alpha value is -3.09. The largest absolute Gasteiger partial charge is 0.467 e. The second kappa shape index (κ2) is 9.56. The minimum absolute atomic E-state index is 0.0923. The average molecular weight is 373 g/mol. The minimum Gasteiger partial charge on any atom is -0.467 e. The average Bonchev–Trinajstić information content (AvgIpc) is 3.15. The van der Waals surface area contributed by atoms with Crippen LogP contribution >= 0.6 is 0 Å². The van der Waals surface area contributed by atoms with Gasteiger partial charge in [-0.25, -0.2) is 9.18 Å². The molecular weight excluding hydrogens is 349 g/mol. The van der Waals surface area contributed by atoms with Crippen molar-refractivity contribution >= 4 is 11.9 Å². The molecule has 1 aromatic heterocycles. The van der Waals surface area contributed by atoms with Crippen LogP contribution < -0.4 is 0 Å². The molecule has 0 fully saturated rings. The van der Waals surface area contributed by atoms with Crippen molar-refractivity contribution in [3.8, 4) is 0 Å². The lowest BCUT2D eigenvalue weighted by Crippen LogP contribution is -2.46. The maximum absolute atomic E-state index is 13.2. The first-order valence-electron chi connectivity index (χ1n) is 8.52. The number of nitrogens with zero attached hydrogens (tertiary/aromatic N) is 3. The van der Waals surface area contributed by atoms with Crippen molar-refractivity contribution in [1.82, 2.24) is 14.7 Å². The fraction of sp³-hybridized carbons (Fsp3) is 0.300. The van der Waals surface area contributed by atoms with Gasteiger partial charge in [-0.15, -0.1) is 6.58 Å². The topological polar surface area (TPSA) is 57.0 Å². The Balaban J connectivity index is 2.17. The molecule has 1 aromatic carbocycles. The van der Waals surface area contributed by atoms with Crippen LogP contribution in [0.25, 0.3) is 0 Å². The first-order valence-corrected chi connectivity index (χ1v) is 8.52. The molecule has 0 radical (unpaired) electrons. The zero-order chi connectivity index (χ0) is 19.8. The summed E-state index contributed by atoms with van der Waals surface area (Å²) in [5, 5.41) is 0. The number of carbonyl (C=O) groups is 2. The lowest BCUT2D eigenvalue weighted by Gasteiger charge is -2.28. The summed E-state index contributed by atoms with van der Waals surface area (Å²) in [6, 6.07) is 9.21. The number of carbonyl (C=O) groups excluding carboxylic acids is 2. The summed E-state index contributed by atoms with van der Waals surface area (Å²) in [5.74, 6) is 0.0452. The summed E-state index contributed by atoms with van der Waals surface area (Å²) in [5.41, 5.74) is 0.783. The summed E-state index contributed by atoms with van der Waals surface area (Å²) in [6.45, 7) is 4.34. The van der Waals surface area contributed by atoms with Crippen LogP contribution in [0.1, 0.15) is 11.3 Å². The quantitative estimate of drug-likeness (QED) is 0.668. The number of urea groups is 1. The van der Waals surface area contributed by atoms with Crippen molar-refractivity contribution in [3.05, 3.63) is 72.5 Å². The van der Waals surface area contributed by atoms with E-state index in [1.54, 1.807) is 49.3 Å². The predicted octanol–water partition coefficient (Wildman–Crippen LogP) is 3.12. The predicted molar refractivity (Wildman–Crippen MR) is 100 cm³/mol. The van der Waals surface area contributed by atoms with Gasteiger partial charge in [0.05, 0.1) is 12.8 Å². The standard InChI is InChI=1S/C20H24FN3O3/c1-4-11-23(20(26)22(2)3)15-19(25)24(14-18-6-5-12-27-18)13-16-7-9-17(21)10-8-16/h4-10,12H,1,11,13-15H2,2-3H3. The van der Waals surface area contributed by atoms with E-state index in [1.807, 2.05) is 0 Å². The summed E-state index contributed by atoms with van der Waals surface area (Å²) in [6.07, 6.45) is 3.11. The van der Waals surface area contributed by atoms with Crippen LogP contribution in [0.15, 0.2) is 59.7 Å². The molecule has 0 saturated carbocycles. The highest BCUT2D eigenvalue weighted by molar-refractivity contribution is 5.84. The third-order valence-corrected chi connectivity index (χ3v) is 3.89. The number of hydrogen-bond donors (Lipinski definition) is 0. The van der Waals surface area contributed by atoms with Crippen LogP contribution in [0.5, 0.6) is 0 Å². The summed E-state index contributed by atoms with van der Waals surface area (Å²) in [4.78, 5) is 29.6. The van der Waals surface area contributed by atoms with Crippen LogP contribution in [0.3, 0.4) is 0 Å².